The third-order valence-electron chi connectivity index (χ3n) is 9.39. The van der Waals surface area contributed by atoms with Crippen LogP contribution in [0.2, 0.25) is 0 Å². The molecule has 62 heavy (non-hydrogen) atoms. The van der Waals surface area contributed by atoms with Crippen LogP contribution < -0.4 is 43.4 Å². The summed E-state index contributed by atoms with van der Waals surface area (Å²) in [4.78, 5) is 84.6. The Kier molecular flexibility index (Phi) is 17.9. The Bertz CT molecular complexity index is 2190. The predicted octanol–water partition coefficient (Wildman–Crippen LogP) is 2.51. The fourth-order valence-corrected chi connectivity index (χ4v) is 6.39. The van der Waals surface area contributed by atoms with Crippen molar-refractivity contribution in [1.82, 2.24) is 35.8 Å². The topological polar surface area (TPSA) is 296 Å². The fraction of sp³-hybridized carbons (Fsp3) is 0.476. The molecule has 4 rings (SSSR count). The summed E-state index contributed by atoms with van der Waals surface area (Å²) < 4.78 is 12.9. The molecule has 20 nitrogen and oxygen atoms in total. The zero-order valence-electron chi connectivity index (χ0n) is 35.8. The first-order valence-corrected chi connectivity index (χ1v) is 20.5. The van der Waals surface area contributed by atoms with E-state index in [9.17, 15) is 33.9 Å². The Balaban J connectivity index is 1.29. The first kappa shape index (κ1) is 48.3. The van der Waals surface area contributed by atoms with Gasteiger partial charge in [-0.3, -0.25) is 19.2 Å². The Morgan fingerprint density at radius 3 is 2.24 bits per heavy atom. The second-order valence-corrected chi connectivity index (χ2v) is 15.6. The zero-order chi connectivity index (χ0) is 45.4. The lowest BCUT2D eigenvalue weighted by atomic mass is 10.0. The first-order valence-electron chi connectivity index (χ1n) is 20.5. The summed E-state index contributed by atoms with van der Waals surface area (Å²) in [5.41, 5.74) is 12.3. The molecule has 0 aliphatic carbocycles. The minimum absolute atomic E-state index is 0.0671. The second kappa shape index (κ2) is 23.0. The molecule has 20 heteroatoms. The number of anilines is 2. The predicted molar refractivity (Wildman–Crippen MR) is 232 cm³/mol. The Labute approximate surface area is 359 Å². The van der Waals surface area contributed by atoms with Gasteiger partial charge < -0.3 is 62.5 Å². The third-order valence-corrected chi connectivity index (χ3v) is 9.39. The van der Waals surface area contributed by atoms with E-state index in [1.807, 2.05) is 35.8 Å². The molecule has 0 radical (unpaired) electrons. The van der Waals surface area contributed by atoms with E-state index in [1.165, 1.54) is 0 Å². The van der Waals surface area contributed by atoms with Gasteiger partial charge in [0.15, 0.2) is 5.82 Å². The molecule has 2 aromatic heterocycles. The molecule has 0 saturated heterocycles. The largest absolute Gasteiger partial charge is 0.445 e. The number of amides is 7. The minimum Gasteiger partial charge on any atom is -0.445 e. The van der Waals surface area contributed by atoms with Crippen molar-refractivity contribution in [3.05, 3.63) is 59.9 Å². The molecular formula is C42H59N11O9. The van der Waals surface area contributed by atoms with Gasteiger partial charge in [0.25, 0.3) is 0 Å². The summed E-state index contributed by atoms with van der Waals surface area (Å²) in [6.45, 7) is 9.65. The highest BCUT2D eigenvalue weighted by atomic mass is 16.5. The molecule has 0 aliphatic rings. The number of hydrogen-bond donors (Lipinski definition) is 9. The second-order valence-electron chi connectivity index (χ2n) is 15.6. The quantitative estimate of drug-likeness (QED) is 0.0487. The number of aliphatic hydroxyl groups is 1. The highest BCUT2D eigenvalue weighted by Crippen LogP contribution is 2.31. The van der Waals surface area contributed by atoms with E-state index in [4.69, 9.17) is 30.9 Å². The van der Waals surface area contributed by atoms with Gasteiger partial charge in [-0.15, -0.1) is 0 Å². The molecular weight excluding hydrogens is 803 g/mol. The molecule has 2 aromatic carbocycles. The molecule has 2 heterocycles. The van der Waals surface area contributed by atoms with Crippen LogP contribution in [-0.2, 0) is 48.4 Å². The van der Waals surface area contributed by atoms with Crippen molar-refractivity contribution < 1.29 is 43.3 Å². The molecule has 336 valence electrons. The summed E-state index contributed by atoms with van der Waals surface area (Å²) in [6.07, 6.45) is 0.148. The molecule has 0 bridgehead atoms. The number of carbonyl (C=O) groups is 6. The number of rotatable bonds is 23. The third kappa shape index (κ3) is 14.7. The molecule has 0 spiro atoms. The normalized spacial score (nSPS) is 12.4. The average Bonchev–Trinajstić information content (AvgIpc) is 3.57. The van der Waals surface area contributed by atoms with Gasteiger partial charge >= 0.3 is 12.1 Å². The summed E-state index contributed by atoms with van der Waals surface area (Å²) in [7, 11) is 0. The van der Waals surface area contributed by atoms with Crippen molar-refractivity contribution in [2.45, 2.75) is 97.7 Å². The van der Waals surface area contributed by atoms with Crippen LogP contribution in [0.15, 0.2) is 48.5 Å². The van der Waals surface area contributed by atoms with Crippen LogP contribution in [-0.4, -0.2) is 99.3 Å². The van der Waals surface area contributed by atoms with Gasteiger partial charge in [-0.25, -0.2) is 19.6 Å². The number of primary amides is 1. The highest BCUT2D eigenvalue weighted by Gasteiger charge is 2.29. The number of carbonyl (C=O) groups excluding carboxylic acids is 6. The van der Waals surface area contributed by atoms with Crippen LogP contribution in [0.4, 0.5) is 21.1 Å². The molecule has 1 unspecified atom stereocenters. The smallest absolute Gasteiger partial charge is 0.407 e. The molecule has 4 aromatic rings. The number of hydrogen-bond acceptors (Lipinski definition) is 12. The van der Waals surface area contributed by atoms with Crippen molar-refractivity contribution in [1.29, 1.82) is 0 Å². The van der Waals surface area contributed by atoms with Crippen molar-refractivity contribution in [2.75, 3.05) is 36.9 Å². The van der Waals surface area contributed by atoms with Gasteiger partial charge in [0, 0.05) is 37.2 Å². The monoisotopic (exact) mass is 861 g/mol. The summed E-state index contributed by atoms with van der Waals surface area (Å²) in [5, 5.41) is 27.5. The number of nitrogens with zero attached hydrogens (tertiary/aromatic N) is 3. The number of fused-ring (bicyclic) bond motifs is 3. The lowest BCUT2D eigenvalue weighted by Crippen LogP contribution is -2.55. The van der Waals surface area contributed by atoms with Gasteiger partial charge in [0.1, 0.15) is 36.6 Å². The van der Waals surface area contributed by atoms with E-state index in [0.29, 0.717) is 47.6 Å². The van der Waals surface area contributed by atoms with E-state index in [-0.39, 0.29) is 69.9 Å². The van der Waals surface area contributed by atoms with Gasteiger partial charge in [-0.05, 0) is 69.7 Å². The number of alkyl carbamates (subject to hydrolysis) is 1. The summed E-state index contributed by atoms with van der Waals surface area (Å²) in [6, 6.07) is 11.3. The SMILES string of the molecule is CCOCc1nc2c(NC(=O)CCCNC(=O)OCc3ccc(NC(=O)[C@H](CCCNC(N)=O)NC(=O)C(NC(=O)CN)C(C)C)cc3)nc3ccccc3c2n1CC(C)(C)O. The van der Waals surface area contributed by atoms with Crippen LogP contribution in [0.1, 0.15) is 71.7 Å². The highest BCUT2D eigenvalue weighted by molar-refractivity contribution is 6.09. The van der Waals surface area contributed by atoms with Crippen molar-refractivity contribution in [3.8, 4) is 0 Å². The number of ether oxygens (including phenoxy) is 2. The van der Waals surface area contributed by atoms with E-state index in [2.05, 4.69) is 31.9 Å². The van der Waals surface area contributed by atoms with E-state index < -0.39 is 47.5 Å². The zero-order valence-corrected chi connectivity index (χ0v) is 35.8. The van der Waals surface area contributed by atoms with Gasteiger partial charge in [0.05, 0.1) is 29.7 Å². The van der Waals surface area contributed by atoms with Crippen LogP contribution >= 0.6 is 0 Å². The summed E-state index contributed by atoms with van der Waals surface area (Å²) in [5.74, 6) is -1.39. The Morgan fingerprint density at radius 2 is 1.58 bits per heavy atom. The Morgan fingerprint density at radius 1 is 0.871 bits per heavy atom. The fourth-order valence-electron chi connectivity index (χ4n) is 6.39. The molecule has 11 N–H and O–H groups in total. The lowest BCUT2D eigenvalue weighted by molar-refractivity contribution is -0.131. The first-order chi connectivity index (χ1) is 29.5. The van der Waals surface area contributed by atoms with Crippen molar-refractivity contribution in [2.24, 2.45) is 17.4 Å². The molecule has 7 amide bonds. The van der Waals surface area contributed by atoms with Crippen molar-refractivity contribution in [3.63, 3.8) is 0 Å². The lowest BCUT2D eigenvalue weighted by Gasteiger charge is -2.25. The maximum absolute atomic E-state index is 13.3. The number of urea groups is 1. The maximum Gasteiger partial charge on any atom is 0.407 e. The number of nitrogens with two attached hydrogens (primary N) is 2. The van der Waals surface area contributed by atoms with Gasteiger partial charge in [-0.1, -0.05) is 44.2 Å². The molecule has 0 fully saturated rings. The molecule has 0 aliphatic heterocycles. The number of benzene rings is 2. The van der Waals surface area contributed by atoms with Crippen LogP contribution in [0.25, 0.3) is 21.9 Å². The Hall–Kier alpha value is -6.38. The summed E-state index contributed by atoms with van der Waals surface area (Å²) >= 11 is 0. The number of nitrogens with one attached hydrogen (secondary N) is 6. The van der Waals surface area contributed by atoms with Gasteiger partial charge in [0.2, 0.25) is 23.6 Å². The average molecular weight is 862 g/mol. The maximum atomic E-state index is 13.3. The van der Waals surface area contributed by atoms with Crippen LogP contribution in [0.5, 0.6) is 0 Å². The number of pyridine rings is 1. The van der Waals surface area contributed by atoms with E-state index >= 15 is 0 Å². The van der Waals surface area contributed by atoms with Crippen LogP contribution in [0, 0.1) is 5.92 Å². The number of para-hydroxylation sites is 1. The number of imidazole rings is 1. The van der Waals surface area contributed by atoms with Crippen LogP contribution in [0.3, 0.4) is 0 Å². The van der Waals surface area contributed by atoms with Crippen molar-refractivity contribution >= 4 is 69.2 Å². The number of aromatic nitrogens is 3. The standard InChI is InChI=1S/C42H59N11O9/c1-6-61-23-31-50-35-36(53(31)24-42(4,5)60)28-11-7-8-12-29(28)48-37(35)52-32(54)14-10-20-46-41(59)62-22-26-15-17-27(18-16-26)47-38(56)30(13-9-19-45-40(44)58)49-39(57)34(25(2)3)51-33(55)21-43/h7-8,11-12,15-18,25,30,34,60H,6,9-10,13-14,19-24,43H2,1-5H3,(H,46,59)(H,47,56)(H,49,57)(H,51,55)(H3,44,45,58)(H,48,52,54)/t30-,34?/m0/s1. The molecule has 2 atom stereocenters. The van der Waals surface area contributed by atoms with E-state index in [1.54, 1.807) is 52.0 Å². The van der Waals surface area contributed by atoms with E-state index in [0.717, 1.165) is 10.9 Å². The minimum atomic E-state index is -1.06. The molecule has 0 saturated carbocycles. The van der Waals surface area contributed by atoms with Gasteiger partial charge in [-0.2, -0.15) is 0 Å².